The Hall–Kier alpha value is -1.02. The molecule has 0 aliphatic heterocycles. The second-order valence-electron chi connectivity index (χ2n) is 4.03. The molecule has 8 heteroatoms. The molecule has 0 aromatic heterocycles. The van der Waals surface area contributed by atoms with E-state index in [9.17, 15) is 22.8 Å². The summed E-state index contributed by atoms with van der Waals surface area (Å²) < 4.78 is 42.2. The van der Waals surface area contributed by atoms with Gasteiger partial charge in [0.1, 0.15) is 5.78 Å². The molecule has 1 aromatic rings. The van der Waals surface area contributed by atoms with Crippen LogP contribution < -0.4 is 0 Å². The number of rotatable bonds is 5. The fourth-order valence-corrected chi connectivity index (χ4v) is 2.44. The van der Waals surface area contributed by atoms with Crippen molar-refractivity contribution in [3.05, 3.63) is 29.3 Å². The van der Waals surface area contributed by atoms with Crippen molar-refractivity contribution in [2.24, 2.45) is 0 Å². The zero-order valence-corrected chi connectivity index (χ0v) is 13.6. The van der Waals surface area contributed by atoms with Crippen LogP contribution in [-0.4, -0.2) is 23.9 Å². The summed E-state index contributed by atoms with van der Waals surface area (Å²) in [7, 11) is 0. The zero-order chi connectivity index (χ0) is 16.2. The Bertz CT molecular complexity index is 546. The molecule has 3 nitrogen and oxygen atoms in total. The maximum atomic E-state index is 12.5. The number of ketones is 1. The van der Waals surface area contributed by atoms with Gasteiger partial charge in [0.2, 0.25) is 0 Å². The Morgan fingerprint density at radius 1 is 1.33 bits per heavy atom. The van der Waals surface area contributed by atoms with Crippen molar-refractivity contribution in [3.63, 3.8) is 0 Å². The van der Waals surface area contributed by atoms with Crippen molar-refractivity contribution in [3.8, 4) is 0 Å². The third kappa shape index (κ3) is 5.70. The van der Waals surface area contributed by atoms with Crippen LogP contribution in [0.25, 0.3) is 0 Å². The summed E-state index contributed by atoms with van der Waals surface area (Å²) in [5.41, 5.74) is -4.23. The van der Waals surface area contributed by atoms with Gasteiger partial charge >= 0.3 is 11.5 Å². The van der Waals surface area contributed by atoms with Crippen molar-refractivity contribution >= 4 is 39.4 Å². The van der Waals surface area contributed by atoms with E-state index in [1.807, 2.05) is 0 Å². The molecular formula is C13H12BrF3O3S. The van der Waals surface area contributed by atoms with Crippen LogP contribution in [0.2, 0.25) is 0 Å². The Morgan fingerprint density at radius 3 is 2.43 bits per heavy atom. The fourth-order valence-electron chi connectivity index (χ4n) is 1.53. The number of carbonyl (C=O) groups excluding carboxylic acids is 2. The SMILES string of the molecule is CCOC(=O)c1cc(SC(F)(F)F)cc(C(Br)C(C)=O)c1. The van der Waals surface area contributed by atoms with Gasteiger partial charge in [-0.05, 0) is 49.4 Å². The van der Waals surface area contributed by atoms with E-state index in [2.05, 4.69) is 15.9 Å². The molecule has 0 saturated heterocycles. The molecule has 0 fully saturated rings. The van der Waals surface area contributed by atoms with E-state index in [-0.39, 0.29) is 40.2 Å². The second kappa shape index (κ2) is 7.31. The number of hydrogen-bond acceptors (Lipinski definition) is 4. The third-order valence-corrected chi connectivity index (χ3v) is 4.20. The molecule has 0 saturated carbocycles. The molecule has 0 amide bonds. The number of halogens is 4. The number of benzene rings is 1. The van der Waals surface area contributed by atoms with Gasteiger partial charge in [0.25, 0.3) is 0 Å². The molecule has 0 aliphatic rings. The Labute approximate surface area is 132 Å². The Kier molecular flexibility index (Phi) is 6.27. The average molecular weight is 385 g/mol. The molecule has 116 valence electrons. The van der Waals surface area contributed by atoms with Gasteiger partial charge in [0.15, 0.2) is 0 Å². The predicted octanol–water partition coefficient (Wildman–Crippen LogP) is 4.50. The van der Waals surface area contributed by atoms with Gasteiger partial charge < -0.3 is 4.74 Å². The number of Topliss-reactive ketones (excluding diaryl/α,β-unsaturated/α-hetero) is 1. The molecule has 0 spiro atoms. The van der Waals surface area contributed by atoms with Crippen LogP contribution in [0.3, 0.4) is 0 Å². The number of esters is 1. The number of ether oxygens (including phenoxy) is 1. The first kappa shape index (κ1) is 18.0. The van der Waals surface area contributed by atoms with Gasteiger partial charge in [0, 0.05) is 4.90 Å². The summed E-state index contributed by atoms with van der Waals surface area (Å²) in [6.45, 7) is 3.00. The van der Waals surface area contributed by atoms with E-state index in [1.54, 1.807) is 6.92 Å². The normalized spacial score (nSPS) is 12.9. The van der Waals surface area contributed by atoms with Gasteiger partial charge in [0.05, 0.1) is 17.0 Å². The molecule has 21 heavy (non-hydrogen) atoms. The van der Waals surface area contributed by atoms with Gasteiger partial charge in [-0.3, -0.25) is 4.79 Å². The second-order valence-corrected chi connectivity index (χ2v) is 6.09. The highest BCUT2D eigenvalue weighted by Gasteiger charge is 2.30. The lowest BCUT2D eigenvalue weighted by molar-refractivity contribution is -0.116. The molecule has 1 aromatic carbocycles. The lowest BCUT2D eigenvalue weighted by Gasteiger charge is -2.12. The van der Waals surface area contributed by atoms with E-state index < -0.39 is 16.3 Å². The molecular weight excluding hydrogens is 373 g/mol. The number of thioether (sulfide) groups is 1. The number of hydrogen-bond donors (Lipinski definition) is 0. The first-order valence-corrected chi connectivity index (χ1v) is 7.59. The molecule has 0 aliphatic carbocycles. The summed E-state index contributed by atoms with van der Waals surface area (Å²) in [6, 6.07) is 3.67. The first-order valence-electron chi connectivity index (χ1n) is 5.86. The van der Waals surface area contributed by atoms with Crippen molar-refractivity contribution in [2.75, 3.05) is 6.61 Å². The van der Waals surface area contributed by atoms with E-state index in [0.29, 0.717) is 0 Å². The number of alkyl halides is 4. The highest BCUT2D eigenvalue weighted by Crippen LogP contribution is 2.39. The van der Waals surface area contributed by atoms with Crippen LogP contribution in [0.1, 0.15) is 34.6 Å². The van der Waals surface area contributed by atoms with E-state index >= 15 is 0 Å². The van der Waals surface area contributed by atoms with Crippen LogP contribution in [0, 0.1) is 0 Å². The topological polar surface area (TPSA) is 43.4 Å². The summed E-state index contributed by atoms with van der Waals surface area (Å²) in [5.74, 6) is -1.01. The smallest absolute Gasteiger partial charge is 0.446 e. The van der Waals surface area contributed by atoms with Crippen LogP contribution in [0.4, 0.5) is 13.2 Å². The van der Waals surface area contributed by atoms with Gasteiger partial charge in [-0.15, -0.1) is 0 Å². The molecule has 0 N–H and O–H groups in total. The Balaban J connectivity index is 3.25. The summed E-state index contributed by atoms with van der Waals surface area (Å²) >= 11 is 2.75. The molecule has 1 rings (SSSR count). The highest BCUT2D eigenvalue weighted by atomic mass is 79.9. The molecule has 1 unspecified atom stereocenters. The molecule has 1 atom stereocenters. The zero-order valence-electron chi connectivity index (χ0n) is 11.2. The Morgan fingerprint density at radius 2 is 1.95 bits per heavy atom. The van der Waals surface area contributed by atoms with Crippen LogP contribution in [0.15, 0.2) is 23.1 Å². The minimum absolute atomic E-state index is 0.0215. The average Bonchev–Trinajstić information content (AvgIpc) is 2.35. The van der Waals surface area contributed by atoms with E-state index in [4.69, 9.17) is 4.74 Å². The van der Waals surface area contributed by atoms with Crippen LogP contribution >= 0.6 is 27.7 Å². The summed E-state index contributed by atoms with van der Waals surface area (Å²) in [5, 5.41) is 0. The fraction of sp³-hybridized carbons (Fsp3) is 0.385. The summed E-state index contributed by atoms with van der Waals surface area (Å²) in [4.78, 5) is 22.1. The summed E-state index contributed by atoms with van der Waals surface area (Å²) in [6.07, 6.45) is 0. The predicted molar refractivity (Wildman–Crippen MR) is 76.7 cm³/mol. The standard InChI is InChI=1S/C13H12BrF3O3S/c1-3-20-12(19)9-4-8(11(14)7(2)18)5-10(6-9)21-13(15,16)17/h4-6,11H,3H2,1-2H3. The third-order valence-electron chi connectivity index (χ3n) is 2.32. The van der Waals surface area contributed by atoms with Crippen molar-refractivity contribution in [1.29, 1.82) is 0 Å². The van der Waals surface area contributed by atoms with E-state index in [0.717, 1.165) is 6.07 Å². The maximum Gasteiger partial charge on any atom is 0.446 e. The van der Waals surface area contributed by atoms with Crippen LogP contribution in [0.5, 0.6) is 0 Å². The van der Waals surface area contributed by atoms with Gasteiger partial charge in [-0.1, -0.05) is 15.9 Å². The minimum atomic E-state index is -4.48. The largest absolute Gasteiger partial charge is 0.462 e. The monoisotopic (exact) mass is 384 g/mol. The minimum Gasteiger partial charge on any atom is -0.462 e. The van der Waals surface area contributed by atoms with Crippen molar-refractivity contribution in [1.82, 2.24) is 0 Å². The lowest BCUT2D eigenvalue weighted by Crippen LogP contribution is -2.09. The van der Waals surface area contributed by atoms with Crippen molar-refractivity contribution < 1.29 is 27.5 Å². The van der Waals surface area contributed by atoms with Crippen molar-refractivity contribution in [2.45, 2.75) is 29.1 Å². The first-order chi connectivity index (χ1) is 9.64. The van der Waals surface area contributed by atoms with Crippen LogP contribution in [-0.2, 0) is 9.53 Å². The van der Waals surface area contributed by atoms with Gasteiger partial charge in [-0.2, -0.15) is 13.2 Å². The molecule has 0 bridgehead atoms. The maximum absolute atomic E-state index is 12.5. The number of carbonyl (C=O) groups is 2. The highest BCUT2D eigenvalue weighted by molar-refractivity contribution is 9.09. The molecule has 0 heterocycles. The van der Waals surface area contributed by atoms with E-state index in [1.165, 1.54) is 19.1 Å². The quantitative estimate of drug-likeness (QED) is 0.425. The van der Waals surface area contributed by atoms with Gasteiger partial charge in [-0.25, -0.2) is 4.79 Å². The molecule has 0 radical (unpaired) electrons. The lowest BCUT2D eigenvalue weighted by atomic mass is 10.1.